The molecule has 0 aliphatic carbocycles. The van der Waals surface area contributed by atoms with Crippen molar-refractivity contribution in [1.82, 2.24) is 5.32 Å². The van der Waals surface area contributed by atoms with Gasteiger partial charge < -0.3 is 15.4 Å². The maximum Gasteiger partial charge on any atom is 0.238 e. The minimum absolute atomic E-state index is 0.0806. The number of methoxy groups -OCH3 is 1. The summed E-state index contributed by atoms with van der Waals surface area (Å²) in [4.78, 5) is 11.8. The standard InChI is InChI=1S/C16H17BrN2O2/c1-21-15-8-3-2-5-12(15)10-18-11-16(20)19-14-7-4-6-13(17)9-14/h2-9,18H,10-11H2,1H3,(H,19,20). The summed E-state index contributed by atoms with van der Waals surface area (Å²) < 4.78 is 6.20. The molecule has 0 saturated heterocycles. The van der Waals surface area contributed by atoms with Gasteiger partial charge in [0, 0.05) is 22.3 Å². The van der Waals surface area contributed by atoms with Crippen molar-refractivity contribution in [3.63, 3.8) is 0 Å². The number of halogens is 1. The molecule has 2 rings (SSSR count). The van der Waals surface area contributed by atoms with Crippen LogP contribution in [0.25, 0.3) is 0 Å². The van der Waals surface area contributed by atoms with Gasteiger partial charge in [0.2, 0.25) is 5.91 Å². The summed E-state index contributed by atoms with van der Waals surface area (Å²) in [5, 5.41) is 5.94. The second-order valence-corrected chi connectivity index (χ2v) is 5.39. The van der Waals surface area contributed by atoms with Crippen molar-refractivity contribution in [2.24, 2.45) is 0 Å². The molecular weight excluding hydrogens is 332 g/mol. The van der Waals surface area contributed by atoms with Crippen LogP contribution in [0, 0.1) is 0 Å². The summed E-state index contributed by atoms with van der Waals surface area (Å²) in [7, 11) is 1.64. The predicted molar refractivity (Wildman–Crippen MR) is 87.5 cm³/mol. The first-order chi connectivity index (χ1) is 10.2. The Morgan fingerprint density at radius 1 is 1.19 bits per heavy atom. The highest BCUT2D eigenvalue weighted by molar-refractivity contribution is 9.10. The number of amides is 1. The van der Waals surface area contributed by atoms with Crippen LogP contribution in [0.5, 0.6) is 5.75 Å². The average molecular weight is 349 g/mol. The van der Waals surface area contributed by atoms with Crippen molar-refractivity contribution in [3.8, 4) is 5.75 Å². The number of hydrogen-bond donors (Lipinski definition) is 2. The SMILES string of the molecule is COc1ccccc1CNCC(=O)Nc1cccc(Br)c1. The molecule has 0 aliphatic heterocycles. The molecule has 0 bridgehead atoms. The molecule has 0 radical (unpaired) electrons. The van der Waals surface area contributed by atoms with Crippen LogP contribution < -0.4 is 15.4 Å². The lowest BCUT2D eigenvalue weighted by Gasteiger charge is -2.10. The van der Waals surface area contributed by atoms with Gasteiger partial charge in [0.25, 0.3) is 0 Å². The van der Waals surface area contributed by atoms with E-state index in [1.165, 1.54) is 0 Å². The molecule has 110 valence electrons. The normalized spacial score (nSPS) is 10.2. The van der Waals surface area contributed by atoms with Crippen molar-refractivity contribution in [3.05, 3.63) is 58.6 Å². The van der Waals surface area contributed by atoms with E-state index in [2.05, 4.69) is 26.6 Å². The fourth-order valence-electron chi connectivity index (χ4n) is 1.93. The lowest BCUT2D eigenvalue weighted by molar-refractivity contribution is -0.115. The summed E-state index contributed by atoms with van der Waals surface area (Å²) in [6.07, 6.45) is 0. The molecule has 0 aliphatic rings. The first-order valence-electron chi connectivity index (χ1n) is 6.57. The Bertz CT molecular complexity index is 617. The monoisotopic (exact) mass is 348 g/mol. The second-order valence-electron chi connectivity index (χ2n) is 4.47. The number of para-hydroxylation sites is 1. The van der Waals surface area contributed by atoms with Gasteiger partial charge in [0.1, 0.15) is 5.75 Å². The topological polar surface area (TPSA) is 50.4 Å². The Morgan fingerprint density at radius 3 is 2.76 bits per heavy atom. The molecular formula is C16H17BrN2O2. The molecule has 2 aromatic carbocycles. The van der Waals surface area contributed by atoms with E-state index >= 15 is 0 Å². The van der Waals surface area contributed by atoms with Crippen molar-refractivity contribution in [2.75, 3.05) is 19.0 Å². The molecule has 21 heavy (non-hydrogen) atoms. The highest BCUT2D eigenvalue weighted by Crippen LogP contribution is 2.17. The van der Waals surface area contributed by atoms with E-state index in [1.807, 2.05) is 48.5 Å². The second kappa shape index (κ2) is 7.81. The average Bonchev–Trinajstić information content (AvgIpc) is 2.47. The van der Waals surface area contributed by atoms with Crippen molar-refractivity contribution >= 4 is 27.5 Å². The summed E-state index contributed by atoms with van der Waals surface area (Å²) in [6, 6.07) is 15.2. The molecule has 0 aromatic heterocycles. The summed E-state index contributed by atoms with van der Waals surface area (Å²) in [5.41, 5.74) is 1.80. The van der Waals surface area contributed by atoms with E-state index < -0.39 is 0 Å². The number of nitrogens with one attached hydrogen (secondary N) is 2. The fraction of sp³-hybridized carbons (Fsp3) is 0.188. The van der Waals surface area contributed by atoms with E-state index in [-0.39, 0.29) is 12.5 Å². The Balaban J connectivity index is 1.82. The lowest BCUT2D eigenvalue weighted by atomic mass is 10.2. The molecule has 2 aromatic rings. The largest absolute Gasteiger partial charge is 0.496 e. The van der Waals surface area contributed by atoms with Crippen molar-refractivity contribution in [1.29, 1.82) is 0 Å². The molecule has 0 unspecified atom stereocenters. The molecule has 0 heterocycles. The number of anilines is 1. The van der Waals surface area contributed by atoms with Crippen LogP contribution in [0.2, 0.25) is 0 Å². The number of rotatable bonds is 6. The smallest absolute Gasteiger partial charge is 0.238 e. The Labute approximate surface area is 132 Å². The molecule has 4 nitrogen and oxygen atoms in total. The van der Waals surface area contributed by atoms with Crippen LogP contribution >= 0.6 is 15.9 Å². The quantitative estimate of drug-likeness (QED) is 0.842. The van der Waals surface area contributed by atoms with Gasteiger partial charge in [-0.3, -0.25) is 4.79 Å². The fourth-order valence-corrected chi connectivity index (χ4v) is 2.33. The first kappa shape index (κ1) is 15.5. The number of carbonyl (C=O) groups is 1. The summed E-state index contributed by atoms with van der Waals surface area (Å²) in [6.45, 7) is 0.820. The van der Waals surface area contributed by atoms with Crippen LogP contribution in [0.15, 0.2) is 53.0 Å². The van der Waals surface area contributed by atoms with Gasteiger partial charge in [0.05, 0.1) is 13.7 Å². The predicted octanol–water partition coefficient (Wildman–Crippen LogP) is 3.19. The molecule has 0 fully saturated rings. The minimum atomic E-state index is -0.0806. The number of carbonyl (C=O) groups excluding carboxylic acids is 1. The van der Waals surface area contributed by atoms with Crippen LogP contribution in [0.3, 0.4) is 0 Å². The maximum atomic E-state index is 11.8. The van der Waals surface area contributed by atoms with E-state index in [9.17, 15) is 4.79 Å². The van der Waals surface area contributed by atoms with Gasteiger partial charge in [-0.2, -0.15) is 0 Å². The van der Waals surface area contributed by atoms with Gasteiger partial charge >= 0.3 is 0 Å². The summed E-state index contributed by atoms with van der Waals surface area (Å²) >= 11 is 3.37. The van der Waals surface area contributed by atoms with Crippen molar-refractivity contribution in [2.45, 2.75) is 6.54 Å². The number of hydrogen-bond acceptors (Lipinski definition) is 3. The van der Waals surface area contributed by atoms with Crippen LogP contribution in [0.1, 0.15) is 5.56 Å². The van der Waals surface area contributed by atoms with Gasteiger partial charge in [-0.1, -0.05) is 40.2 Å². The molecule has 0 saturated carbocycles. The zero-order valence-corrected chi connectivity index (χ0v) is 13.3. The molecule has 5 heteroatoms. The summed E-state index contributed by atoms with van der Waals surface area (Å²) in [5.74, 6) is 0.736. The van der Waals surface area contributed by atoms with Gasteiger partial charge in [-0.15, -0.1) is 0 Å². The van der Waals surface area contributed by atoms with Gasteiger partial charge in [0.15, 0.2) is 0 Å². The van der Waals surface area contributed by atoms with Gasteiger partial charge in [-0.25, -0.2) is 0 Å². The zero-order valence-electron chi connectivity index (χ0n) is 11.7. The maximum absolute atomic E-state index is 11.8. The van der Waals surface area contributed by atoms with E-state index in [0.717, 1.165) is 21.5 Å². The van der Waals surface area contributed by atoms with E-state index in [4.69, 9.17) is 4.74 Å². The number of benzene rings is 2. The highest BCUT2D eigenvalue weighted by atomic mass is 79.9. The zero-order chi connectivity index (χ0) is 15.1. The third-order valence-electron chi connectivity index (χ3n) is 2.90. The Hall–Kier alpha value is -1.85. The third kappa shape index (κ3) is 4.88. The highest BCUT2D eigenvalue weighted by Gasteiger charge is 2.04. The van der Waals surface area contributed by atoms with Gasteiger partial charge in [-0.05, 0) is 24.3 Å². The lowest BCUT2D eigenvalue weighted by Crippen LogP contribution is -2.27. The molecule has 0 spiro atoms. The third-order valence-corrected chi connectivity index (χ3v) is 3.40. The molecule has 0 atom stereocenters. The molecule has 2 N–H and O–H groups in total. The van der Waals surface area contributed by atoms with Crippen molar-refractivity contribution < 1.29 is 9.53 Å². The van der Waals surface area contributed by atoms with Crippen LogP contribution in [-0.2, 0) is 11.3 Å². The van der Waals surface area contributed by atoms with Crippen LogP contribution in [0.4, 0.5) is 5.69 Å². The number of ether oxygens (including phenoxy) is 1. The van der Waals surface area contributed by atoms with E-state index in [0.29, 0.717) is 6.54 Å². The molecule has 1 amide bonds. The Morgan fingerprint density at radius 2 is 2.00 bits per heavy atom. The minimum Gasteiger partial charge on any atom is -0.496 e. The van der Waals surface area contributed by atoms with Crippen LogP contribution in [-0.4, -0.2) is 19.6 Å². The van der Waals surface area contributed by atoms with E-state index in [1.54, 1.807) is 7.11 Å². The Kier molecular flexibility index (Phi) is 5.78. The first-order valence-corrected chi connectivity index (χ1v) is 7.36.